The maximum Gasteiger partial charge on any atom is 0.125 e. The second-order valence-electron chi connectivity index (χ2n) is 4.54. The minimum Gasteiger partial charge on any atom is -0.397 e. The number of hydrogen-bond acceptors (Lipinski definition) is 3. The number of rotatable bonds is 4. The fourth-order valence-electron chi connectivity index (χ4n) is 2.45. The second-order valence-corrected chi connectivity index (χ2v) is 4.54. The van der Waals surface area contributed by atoms with Gasteiger partial charge in [-0.3, -0.25) is 4.90 Å². The van der Waals surface area contributed by atoms with E-state index in [9.17, 15) is 4.39 Å². The highest BCUT2D eigenvalue weighted by Crippen LogP contribution is 2.21. The molecule has 3 N–H and O–H groups in total. The van der Waals surface area contributed by atoms with Gasteiger partial charge >= 0.3 is 0 Å². The lowest BCUT2D eigenvalue weighted by Gasteiger charge is -2.23. The van der Waals surface area contributed by atoms with E-state index in [1.54, 1.807) is 6.07 Å². The molecule has 0 aliphatic carbocycles. The highest BCUT2D eigenvalue weighted by atomic mass is 19.1. The van der Waals surface area contributed by atoms with E-state index in [2.05, 4.69) is 17.1 Å². The van der Waals surface area contributed by atoms with Crippen LogP contribution in [0.15, 0.2) is 18.2 Å². The molecule has 3 nitrogen and oxygen atoms in total. The third-order valence-electron chi connectivity index (χ3n) is 3.45. The summed E-state index contributed by atoms with van der Waals surface area (Å²) < 4.78 is 13.1. The van der Waals surface area contributed by atoms with Crippen molar-refractivity contribution in [3.05, 3.63) is 24.0 Å². The molecule has 94 valence electrons. The van der Waals surface area contributed by atoms with Crippen molar-refractivity contribution in [3.63, 3.8) is 0 Å². The van der Waals surface area contributed by atoms with Gasteiger partial charge in [0.15, 0.2) is 0 Å². The summed E-state index contributed by atoms with van der Waals surface area (Å²) in [6.45, 7) is 5.25. The topological polar surface area (TPSA) is 41.3 Å². The van der Waals surface area contributed by atoms with Gasteiger partial charge in [0.25, 0.3) is 0 Å². The summed E-state index contributed by atoms with van der Waals surface area (Å²) in [5, 5.41) is 3.25. The summed E-state index contributed by atoms with van der Waals surface area (Å²) >= 11 is 0. The Morgan fingerprint density at radius 2 is 2.35 bits per heavy atom. The zero-order valence-corrected chi connectivity index (χ0v) is 10.2. The summed E-state index contributed by atoms with van der Waals surface area (Å²) in [5.74, 6) is -0.250. The van der Waals surface area contributed by atoms with Crippen molar-refractivity contribution >= 4 is 11.4 Å². The molecule has 0 saturated carbocycles. The highest BCUT2D eigenvalue weighted by Gasteiger charge is 2.22. The van der Waals surface area contributed by atoms with E-state index in [1.807, 2.05) is 0 Å². The first-order valence-corrected chi connectivity index (χ1v) is 6.23. The van der Waals surface area contributed by atoms with Gasteiger partial charge in [0.1, 0.15) is 5.82 Å². The molecular formula is C13H20FN3. The molecule has 2 rings (SSSR count). The van der Waals surface area contributed by atoms with E-state index in [0.717, 1.165) is 13.1 Å². The average Bonchev–Trinajstić information content (AvgIpc) is 2.77. The number of halogens is 1. The molecule has 17 heavy (non-hydrogen) atoms. The average molecular weight is 237 g/mol. The first-order valence-electron chi connectivity index (χ1n) is 6.23. The summed E-state index contributed by atoms with van der Waals surface area (Å²) in [4.78, 5) is 2.45. The summed E-state index contributed by atoms with van der Waals surface area (Å²) in [6, 6.07) is 4.99. The predicted molar refractivity (Wildman–Crippen MR) is 69.6 cm³/mol. The predicted octanol–water partition coefficient (Wildman–Crippen LogP) is 2.30. The zero-order valence-electron chi connectivity index (χ0n) is 10.2. The second kappa shape index (κ2) is 5.36. The number of nitrogen functional groups attached to an aromatic ring is 1. The van der Waals surface area contributed by atoms with E-state index in [0.29, 0.717) is 17.4 Å². The number of benzene rings is 1. The van der Waals surface area contributed by atoms with Gasteiger partial charge in [0.2, 0.25) is 0 Å². The SMILES string of the molecule is CCN1CCCC1CNc1cc(F)ccc1N. The maximum absolute atomic E-state index is 13.1. The fraction of sp³-hybridized carbons (Fsp3) is 0.538. The van der Waals surface area contributed by atoms with Gasteiger partial charge in [-0.05, 0) is 44.1 Å². The smallest absolute Gasteiger partial charge is 0.125 e. The van der Waals surface area contributed by atoms with Crippen LogP contribution < -0.4 is 11.1 Å². The van der Waals surface area contributed by atoms with Crippen LogP contribution in [0.3, 0.4) is 0 Å². The molecule has 1 unspecified atom stereocenters. The van der Waals surface area contributed by atoms with Crippen LogP contribution in [0.4, 0.5) is 15.8 Å². The van der Waals surface area contributed by atoms with E-state index in [-0.39, 0.29) is 5.82 Å². The van der Waals surface area contributed by atoms with E-state index < -0.39 is 0 Å². The van der Waals surface area contributed by atoms with Crippen LogP contribution in [0.25, 0.3) is 0 Å². The van der Waals surface area contributed by atoms with E-state index >= 15 is 0 Å². The molecule has 4 heteroatoms. The minimum absolute atomic E-state index is 0.250. The van der Waals surface area contributed by atoms with Crippen molar-refractivity contribution in [2.24, 2.45) is 0 Å². The lowest BCUT2D eigenvalue weighted by atomic mass is 10.2. The number of anilines is 2. The summed E-state index contributed by atoms with van der Waals surface area (Å²) in [5.41, 5.74) is 7.10. The van der Waals surface area contributed by atoms with Crippen LogP contribution in [0.5, 0.6) is 0 Å². The number of likely N-dealkylation sites (N-methyl/N-ethyl adjacent to an activating group) is 1. The molecule has 1 fully saturated rings. The lowest BCUT2D eigenvalue weighted by molar-refractivity contribution is 0.277. The zero-order chi connectivity index (χ0) is 12.3. The Kier molecular flexibility index (Phi) is 3.84. The van der Waals surface area contributed by atoms with Crippen LogP contribution in [-0.4, -0.2) is 30.6 Å². The van der Waals surface area contributed by atoms with Crippen LogP contribution in [-0.2, 0) is 0 Å². The standard InChI is InChI=1S/C13H20FN3/c1-2-17-7-3-4-11(17)9-16-13-8-10(14)5-6-12(13)15/h5-6,8,11,16H,2-4,7,9,15H2,1H3. The Bertz CT molecular complexity index is 381. The van der Waals surface area contributed by atoms with Gasteiger partial charge in [-0.2, -0.15) is 0 Å². The number of likely N-dealkylation sites (tertiary alicyclic amines) is 1. The van der Waals surface area contributed by atoms with Crippen LogP contribution in [0.2, 0.25) is 0 Å². The molecule has 1 atom stereocenters. The molecule has 0 radical (unpaired) electrons. The Labute approximate surface area is 102 Å². The van der Waals surface area contributed by atoms with Crippen LogP contribution in [0, 0.1) is 5.82 Å². The minimum atomic E-state index is -0.250. The quantitative estimate of drug-likeness (QED) is 0.790. The van der Waals surface area contributed by atoms with Gasteiger partial charge in [-0.15, -0.1) is 0 Å². The molecular weight excluding hydrogens is 217 g/mol. The first-order chi connectivity index (χ1) is 8.20. The summed E-state index contributed by atoms with van der Waals surface area (Å²) in [7, 11) is 0. The van der Waals surface area contributed by atoms with E-state index in [4.69, 9.17) is 5.73 Å². The number of nitrogens with two attached hydrogens (primary N) is 1. The molecule has 1 aromatic carbocycles. The van der Waals surface area contributed by atoms with Crippen molar-refractivity contribution in [1.82, 2.24) is 4.90 Å². The van der Waals surface area contributed by atoms with Crippen molar-refractivity contribution in [1.29, 1.82) is 0 Å². The monoisotopic (exact) mass is 237 g/mol. The Hall–Kier alpha value is -1.29. The highest BCUT2D eigenvalue weighted by molar-refractivity contribution is 5.65. The number of nitrogens with zero attached hydrogens (tertiary/aromatic N) is 1. The van der Waals surface area contributed by atoms with Gasteiger partial charge in [-0.25, -0.2) is 4.39 Å². The lowest BCUT2D eigenvalue weighted by Crippen LogP contribution is -2.34. The van der Waals surface area contributed by atoms with Crippen LogP contribution >= 0.6 is 0 Å². The van der Waals surface area contributed by atoms with Crippen molar-refractivity contribution in [2.75, 3.05) is 30.7 Å². The molecule has 0 amide bonds. The first kappa shape index (κ1) is 12.2. The number of hydrogen-bond donors (Lipinski definition) is 2. The Morgan fingerprint density at radius 1 is 1.53 bits per heavy atom. The van der Waals surface area contributed by atoms with Crippen molar-refractivity contribution < 1.29 is 4.39 Å². The third-order valence-corrected chi connectivity index (χ3v) is 3.45. The normalized spacial score (nSPS) is 20.7. The van der Waals surface area contributed by atoms with Crippen molar-refractivity contribution in [2.45, 2.75) is 25.8 Å². The summed E-state index contributed by atoms with van der Waals surface area (Å²) in [6.07, 6.45) is 2.45. The largest absolute Gasteiger partial charge is 0.397 e. The van der Waals surface area contributed by atoms with Gasteiger partial charge in [0, 0.05) is 12.6 Å². The van der Waals surface area contributed by atoms with Crippen LogP contribution in [0.1, 0.15) is 19.8 Å². The van der Waals surface area contributed by atoms with E-state index in [1.165, 1.54) is 31.5 Å². The number of nitrogens with one attached hydrogen (secondary N) is 1. The molecule has 1 saturated heterocycles. The van der Waals surface area contributed by atoms with Crippen molar-refractivity contribution in [3.8, 4) is 0 Å². The third kappa shape index (κ3) is 2.88. The Morgan fingerprint density at radius 3 is 3.12 bits per heavy atom. The van der Waals surface area contributed by atoms with Gasteiger partial charge in [0.05, 0.1) is 11.4 Å². The Balaban J connectivity index is 1.95. The fourth-order valence-corrected chi connectivity index (χ4v) is 2.45. The molecule has 1 aliphatic rings. The molecule has 1 aliphatic heterocycles. The molecule has 1 aromatic rings. The molecule has 0 bridgehead atoms. The van der Waals surface area contributed by atoms with Gasteiger partial charge < -0.3 is 11.1 Å². The molecule has 0 aromatic heterocycles. The molecule has 0 spiro atoms. The molecule has 1 heterocycles. The maximum atomic E-state index is 13.1. The van der Waals surface area contributed by atoms with Gasteiger partial charge in [-0.1, -0.05) is 6.92 Å².